The van der Waals surface area contributed by atoms with Crippen molar-refractivity contribution in [2.75, 3.05) is 19.1 Å². The zero-order chi connectivity index (χ0) is 13.7. The van der Waals surface area contributed by atoms with Gasteiger partial charge in [0.15, 0.2) is 0 Å². The van der Waals surface area contributed by atoms with Crippen LogP contribution in [0.15, 0.2) is 24.3 Å². The number of rotatable bonds is 4. The highest BCUT2D eigenvalue weighted by atomic mass is 16.5. The molecule has 1 aromatic carbocycles. The maximum absolute atomic E-state index is 11.5. The standard InChI is InChI=1S/C14H18N2O2/c1-10(14(17)18-4)11(2)16(3)13-7-5-6-12(8-13)9-15/h5-8,10-11H,1-4H3. The Bertz CT molecular complexity index is 465. The summed E-state index contributed by atoms with van der Waals surface area (Å²) in [6.45, 7) is 3.79. The van der Waals surface area contributed by atoms with Gasteiger partial charge in [-0.3, -0.25) is 4.79 Å². The monoisotopic (exact) mass is 246 g/mol. The lowest BCUT2D eigenvalue weighted by Gasteiger charge is -2.30. The first-order chi connectivity index (χ1) is 8.51. The summed E-state index contributed by atoms with van der Waals surface area (Å²) in [5.74, 6) is -0.462. The number of carbonyl (C=O) groups excluding carboxylic acids is 1. The first-order valence-corrected chi connectivity index (χ1v) is 5.82. The Hall–Kier alpha value is -2.02. The Balaban J connectivity index is 2.89. The number of esters is 1. The van der Waals surface area contributed by atoms with E-state index in [9.17, 15) is 4.79 Å². The van der Waals surface area contributed by atoms with Crippen LogP contribution in [0.25, 0.3) is 0 Å². The molecule has 0 bridgehead atoms. The molecule has 18 heavy (non-hydrogen) atoms. The van der Waals surface area contributed by atoms with Gasteiger partial charge in [-0.15, -0.1) is 0 Å². The van der Waals surface area contributed by atoms with Crippen LogP contribution >= 0.6 is 0 Å². The molecule has 0 saturated heterocycles. The molecule has 0 radical (unpaired) electrons. The molecule has 0 amide bonds. The van der Waals surface area contributed by atoms with E-state index in [1.54, 1.807) is 12.1 Å². The Kier molecular flexibility index (Phi) is 4.73. The lowest BCUT2D eigenvalue weighted by Crippen LogP contribution is -2.38. The third kappa shape index (κ3) is 3.01. The third-order valence-electron chi connectivity index (χ3n) is 3.29. The van der Waals surface area contributed by atoms with Crippen molar-refractivity contribution in [1.29, 1.82) is 5.26 Å². The van der Waals surface area contributed by atoms with Crippen molar-refractivity contribution in [2.24, 2.45) is 5.92 Å². The highest BCUT2D eigenvalue weighted by molar-refractivity contribution is 5.73. The molecule has 0 aliphatic heterocycles. The Labute approximate surface area is 108 Å². The molecule has 0 spiro atoms. The fourth-order valence-electron chi connectivity index (χ4n) is 1.75. The van der Waals surface area contributed by atoms with E-state index in [-0.39, 0.29) is 17.9 Å². The highest BCUT2D eigenvalue weighted by Crippen LogP contribution is 2.20. The van der Waals surface area contributed by atoms with Gasteiger partial charge in [-0.25, -0.2) is 0 Å². The van der Waals surface area contributed by atoms with Crippen LogP contribution in [-0.4, -0.2) is 26.2 Å². The summed E-state index contributed by atoms with van der Waals surface area (Å²) in [5, 5.41) is 8.88. The second kappa shape index (κ2) is 6.06. The molecule has 0 aliphatic carbocycles. The Morgan fingerprint density at radius 1 is 1.44 bits per heavy atom. The predicted molar refractivity (Wildman–Crippen MR) is 70.2 cm³/mol. The molecule has 2 unspecified atom stereocenters. The maximum atomic E-state index is 11.5. The number of ether oxygens (including phenoxy) is 1. The fourth-order valence-corrected chi connectivity index (χ4v) is 1.75. The van der Waals surface area contributed by atoms with E-state index < -0.39 is 0 Å². The fraction of sp³-hybridized carbons (Fsp3) is 0.429. The third-order valence-corrected chi connectivity index (χ3v) is 3.29. The Morgan fingerprint density at radius 2 is 2.11 bits per heavy atom. The maximum Gasteiger partial charge on any atom is 0.310 e. The van der Waals surface area contributed by atoms with Crippen molar-refractivity contribution in [3.05, 3.63) is 29.8 Å². The van der Waals surface area contributed by atoms with Gasteiger partial charge in [-0.2, -0.15) is 5.26 Å². The van der Waals surface area contributed by atoms with Crippen LogP contribution in [-0.2, 0) is 9.53 Å². The van der Waals surface area contributed by atoms with Crippen LogP contribution in [0, 0.1) is 17.2 Å². The van der Waals surface area contributed by atoms with Crippen molar-refractivity contribution in [1.82, 2.24) is 0 Å². The van der Waals surface area contributed by atoms with Gasteiger partial charge in [-0.05, 0) is 32.0 Å². The molecule has 0 aliphatic rings. The molecule has 96 valence electrons. The summed E-state index contributed by atoms with van der Waals surface area (Å²) in [6, 6.07) is 9.41. The lowest BCUT2D eigenvalue weighted by molar-refractivity contribution is -0.145. The summed E-state index contributed by atoms with van der Waals surface area (Å²) in [4.78, 5) is 13.5. The minimum absolute atomic E-state index is 0.00797. The number of carbonyl (C=O) groups is 1. The van der Waals surface area contributed by atoms with E-state index in [1.807, 2.05) is 37.9 Å². The van der Waals surface area contributed by atoms with Crippen LogP contribution < -0.4 is 4.90 Å². The minimum atomic E-state index is -0.231. The molecule has 0 N–H and O–H groups in total. The van der Waals surface area contributed by atoms with Gasteiger partial charge in [0.2, 0.25) is 0 Å². The molecule has 0 heterocycles. The van der Waals surface area contributed by atoms with E-state index in [1.165, 1.54) is 7.11 Å². The molecule has 1 aromatic rings. The van der Waals surface area contributed by atoms with Gasteiger partial charge in [-0.1, -0.05) is 6.07 Å². The highest BCUT2D eigenvalue weighted by Gasteiger charge is 2.24. The number of nitrogens with zero attached hydrogens (tertiary/aromatic N) is 2. The van der Waals surface area contributed by atoms with Crippen molar-refractivity contribution in [3.63, 3.8) is 0 Å². The Morgan fingerprint density at radius 3 is 2.67 bits per heavy atom. The van der Waals surface area contributed by atoms with Crippen LogP contribution in [0.2, 0.25) is 0 Å². The number of methoxy groups -OCH3 is 1. The van der Waals surface area contributed by atoms with Crippen LogP contribution in [0.4, 0.5) is 5.69 Å². The van der Waals surface area contributed by atoms with Crippen molar-refractivity contribution < 1.29 is 9.53 Å². The van der Waals surface area contributed by atoms with Crippen molar-refractivity contribution in [2.45, 2.75) is 19.9 Å². The van der Waals surface area contributed by atoms with E-state index in [4.69, 9.17) is 10.00 Å². The zero-order valence-electron chi connectivity index (χ0n) is 11.2. The lowest BCUT2D eigenvalue weighted by atomic mass is 10.0. The van der Waals surface area contributed by atoms with Gasteiger partial charge in [0.1, 0.15) is 0 Å². The first-order valence-electron chi connectivity index (χ1n) is 5.82. The summed E-state index contributed by atoms with van der Waals surface area (Å²) in [5.41, 5.74) is 1.52. The number of benzene rings is 1. The first kappa shape index (κ1) is 14.0. The van der Waals surface area contributed by atoms with Crippen molar-refractivity contribution >= 4 is 11.7 Å². The second-order valence-electron chi connectivity index (χ2n) is 4.33. The largest absolute Gasteiger partial charge is 0.469 e. The average Bonchev–Trinajstić information content (AvgIpc) is 2.43. The number of nitriles is 1. The topological polar surface area (TPSA) is 53.3 Å². The molecule has 4 nitrogen and oxygen atoms in total. The van der Waals surface area contributed by atoms with E-state index >= 15 is 0 Å². The molecule has 0 aromatic heterocycles. The zero-order valence-corrected chi connectivity index (χ0v) is 11.2. The van der Waals surface area contributed by atoms with Crippen LogP contribution in [0.3, 0.4) is 0 Å². The van der Waals surface area contributed by atoms with Gasteiger partial charge in [0.25, 0.3) is 0 Å². The number of hydrogen-bond acceptors (Lipinski definition) is 4. The number of anilines is 1. The molecule has 0 saturated carbocycles. The molecule has 2 atom stereocenters. The average molecular weight is 246 g/mol. The summed E-state index contributed by atoms with van der Waals surface area (Å²) < 4.78 is 4.75. The van der Waals surface area contributed by atoms with Gasteiger partial charge < -0.3 is 9.64 Å². The van der Waals surface area contributed by atoms with Crippen LogP contribution in [0.5, 0.6) is 0 Å². The molecular weight excluding hydrogens is 228 g/mol. The molecular formula is C14H18N2O2. The molecule has 4 heteroatoms. The van der Waals surface area contributed by atoms with E-state index in [2.05, 4.69) is 6.07 Å². The van der Waals surface area contributed by atoms with Gasteiger partial charge in [0, 0.05) is 18.8 Å². The smallest absolute Gasteiger partial charge is 0.310 e. The molecule has 0 fully saturated rings. The van der Waals surface area contributed by atoms with E-state index in [0.29, 0.717) is 5.56 Å². The SMILES string of the molecule is COC(=O)C(C)C(C)N(C)c1cccc(C#N)c1. The van der Waals surface area contributed by atoms with Gasteiger partial charge in [0.05, 0.1) is 24.7 Å². The number of hydrogen-bond donors (Lipinski definition) is 0. The van der Waals surface area contributed by atoms with E-state index in [0.717, 1.165) is 5.69 Å². The van der Waals surface area contributed by atoms with Crippen molar-refractivity contribution in [3.8, 4) is 6.07 Å². The summed E-state index contributed by atoms with van der Waals surface area (Å²) in [7, 11) is 3.29. The normalized spacial score (nSPS) is 13.3. The second-order valence-corrected chi connectivity index (χ2v) is 4.33. The van der Waals surface area contributed by atoms with Gasteiger partial charge >= 0.3 is 5.97 Å². The predicted octanol–water partition coefficient (Wildman–Crippen LogP) is 2.19. The molecule has 1 rings (SSSR count). The quantitative estimate of drug-likeness (QED) is 0.764. The summed E-state index contributed by atoms with van der Waals surface area (Å²) in [6.07, 6.45) is 0. The van der Waals surface area contributed by atoms with Crippen LogP contribution in [0.1, 0.15) is 19.4 Å². The summed E-state index contributed by atoms with van der Waals surface area (Å²) >= 11 is 0. The minimum Gasteiger partial charge on any atom is -0.469 e.